The number of nitrogen functional groups attached to an aromatic ring is 1. The number of carbonyl (C=O) groups excluding carboxylic acids is 6. The van der Waals surface area contributed by atoms with Crippen LogP contribution < -0.4 is 61.6 Å². The van der Waals surface area contributed by atoms with E-state index in [2.05, 4.69) is 60.4 Å². The number of halogens is 1. The lowest BCUT2D eigenvalue weighted by molar-refractivity contribution is -0.385. The number of nitrogens with two attached hydrogens (primary N) is 1. The van der Waals surface area contributed by atoms with Crippen LogP contribution in [0.1, 0.15) is 159 Å². The van der Waals surface area contributed by atoms with Crippen LogP contribution in [-0.2, 0) is 28.5 Å². The van der Waals surface area contributed by atoms with Crippen molar-refractivity contribution in [1.82, 2.24) is 58.9 Å². The number of hydrogen-bond acceptors (Lipinski definition) is 27. The molecule has 3 unspecified atom stereocenters. The van der Waals surface area contributed by atoms with Crippen molar-refractivity contribution >= 4 is 133 Å². The van der Waals surface area contributed by atoms with Gasteiger partial charge >= 0.3 is 30.1 Å². The Hall–Kier alpha value is -12.7. The summed E-state index contributed by atoms with van der Waals surface area (Å²) in [5.41, 5.74) is 9.46. The number of nitro benzene ring substituents is 1. The monoisotopic (exact) mass is 1720 g/mol. The summed E-state index contributed by atoms with van der Waals surface area (Å²) in [6.07, 6.45) is 10.5. The van der Waals surface area contributed by atoms with Crippen molar-refractivity contribution < 1.29 is 66.8 Å². The van der Waals surface area contributed by atoms with Crippen molar-refractivity contribution in [1.29, 1.82) is 0 Å². The number of rotatable bonds is 22. The molecule has 8 N–H and O–H groups in total. The standard InChI is InChI=1S/C30H41N7O7.C30H43N7O5.C23H29N7O2.C3H3ClO/c1-9-42-23-13-12-21(17-22(23)37(40)41)35(28(39)44-30(6,7)8)26-19(2)25(33-24-14-15-31-36(24)26)32-20-11-10-16-34(18-20)27(38)43-29(3,4)5;1-9-40-23-13-12-21(17-22(23)31)36(28(39)42-30(6,7)8)26-19(2)25(34-24-14-15-32-37(24)26)33-20-11-10-16-35(18-20)27(38)41-29(3,4)5;1-4-21(31)28-18-13-16(8-9-19(18)32-5-2)27-23-15(3)22(26-17-7-6-11-24-14-17)29-20-10-12-25-30(20)23;1-2-3(4)5/h12-15,17,20H,9-11,16,18H2,1-8H3,(H,32,33);12-15,17,20H,9-11,16,18,31H2,1-8H3,(H,33,34);4,8-10,12-13,17,24,27H,1,5-7,11,14H2,2-3H3,(H,26,29)(H,28,31);2H,1H2. The van der Waals surface area contributed by atoms with E-state index in [1.807, 2.05) is 114 Å². The molecule has 9 aromatic rings. The molecule has 9 heterocycles. The predicted molar refractivity (Wildman–Crippen MR) is 475 cm³/mol. The summed E-state index contributed by atoms with van der Waals surface area (Å²) in [6.45, 7) is 44.7. The number of amides is 5. The van der Waals surface area contributed by atoms with E-state index in [1.54, 1.807) is 108 Å². The number of likely N-dealkylation sites (tertiary alicyclic amines) is 2. The van der Waals surface area contributed by atoms with Crippen molar-refractivity contribution in [2.24, 2.45) is 0 Å². The number of fused-ring (bicyclic) bond motifs is 3. The van der Waals surface area contributed by atoms with Gasteiger partial charge in [-0.15, -0.1) is 0 Å². The molecule has 0 bridgehead atoms. The lowest BCUT2D eigenvalue weighted by atomic mass is 10.1. The molecular formula is C86H116ClN21O15. The maximum absolute atomic E-state index is 13.9. The highest BCUT2D eigenvalue weighted by Gasteiger charge is 2.37. The molecule has 37 heteroatoms. The predicted octanol–water partition coefficient (Wildman–Crippen LogP) is 16.5. The second-order valence-electron chi connectivity index (χ2n) is 33.2. The van der Waals surface area contributed by atoms with Crippen LogP contribution in [0.25, 0.3) is 16.9 Å². The molecule has 0 saturated carbocycles. The molecule has 3 aliphatic heterocycles. The Morgan fingerprint density at radius 1 is 0.569 bits per heavy atom. The van der Waals surface area contributed by atoms with Crippen molar-refractivity contribution in [2.75, 3.05) is 101 Å². The Morgan fingerprint density at radius 3 is 1.43 bits per heavy atom. The summed E-state index contributed by atoms with van der Waals surface area (Å²) < 4.78 is 44.4. The van der Waals surface area contributed by atoms with E-state index in [0.29, 0.717) is 114 Å². The smallest absolute Gasteiger partial charge is 0.420 e. The van der Waals surface area contributed by atoms with Crippen LogP contribution in [0.4, 0.5) is 88.2 Å². The number of piperidine rings is 3. The third kappa shape index (κ3) is 25.7. The number of nitrogens with one attached hydrogen (secondary N) is 6. The third-order valence-electron chi connectivity index (χ3n) is 18.7. The van der Waals surface area contributed by atoms with E-state index in [-0.39, 0.29) is 59.7 Å². The van der Waals surface area contributed by atoms with Gasteiger partial charge in [0.2, 0.25) is 11.1 Å². The number of allylic oxidation sites excluding steroid dienone is 1. The molecule has 5 amide bonds. The zero-order valence-electron chi connectivity index (χ0n) is 73.4. The summed E-state index contributed by atoms with van der Waals surface area (Å²) in [6, 6.07) is 20.5. The van der Waals surface area contributed by atoms with Gasteiger partial charge in [-0.3, -0.25) is 19.7 Å². The number of carbonyl (C=O) groups is 6. The molecule has 0 aliphatic carbocycles. The summed E-state index contributed by atoms with van der Waals surface area (Å²) in [5.74, 6) is 4.31. The first-order chi connectivity index (χ1) is 58.1. The fourth-order valence-electron chi connectivity index (χ4n) is 13.4. The van der Waals surface area contributed by atoms with E-state index < -0.39 is 44.8 Å². The van der Waals surface area contributed by atoms with Gasteiger partial charge in [0.05, 0.1) is 66.1 Å². The molecule has 3 aliphatic rings. The first-order valence-electron chi connectivity index (χ1n) is 40.9. The molecule has 3 aromatic carbocycles. The zero-order valence-corrected chi connectivity index (χ0v) is 74.2. The number of nitrogens with zero attached hydrogens (tertiary/aromatic N) is 14. The van der Waals surface area contributed by atoms with Crippen LogP contribution >= 0.6 is 11.6 Å². The quantitative estimate of drug-likeness (QED) is 0.00827. The molecule has 3 saturated heterocycles. The summed E-state index contributed by atoms with van der Waals surface area (Å²) >= 11 is 4.71. The van der Waals surface area contributed by atoms with Gasteiger partial charge in [-0.1, -0.05) is 13.2 Å². The normalized spacial score (nSPS) is 15.4. The van der Waals surface area contributed by atoms with Crippen LogP contribution in [0.2, 0.25) is 0 Å². The van der Waals surface area contributed by atoms with Gasteiger partial charge in [-0.25, -0.2) is 43.9 Å². The van der Waals surface area contributed by atoms with Gasteiger partial charge in [-0.05, 0) is 242 Å². The Labute approximate surface area is 721 Å². The second-order valence-corrected chi connectivity index (χ2v) is 33.5. The summed E-state index contributed by atoms with van der Waals surface area (Å²) in [7, 11) is 0. The molecule has 662 valence electrons. The van der Waals surface area contributed by atoms with Gasteiger partial charge in [0, 0.05) is 97.5 Å². The van der Waals surface area contributed by atoms with Gasteiger partial charge in [0.15, 0.2) is 34.3 Å². The van der Waals surface area contributed by atoms with Crippen LogP contribution in [0.5, 0.6) is 17.2 Å². The molecule has 0 spiro atoms. The lowest BCUT2D eigenvalue weighted by Crippen LogP contribution is -2.47. The third-order valence-corrected chi connectivity index (χ3v) is 18.8. The molecular weight excluding hydrogens is 1600 g/mol. The molecule has 36 nitrogen and oxygen atoms in total. The fraction of sp³-hybridized carbons (Fsp3) is 0.465. The minimum absolute atomic E-state index is 0.0770. The Morgan fingerprint density at radius 2 is 0.992 bits per heavy atom. The van der Waals surface area contributed by atoms with Crippen LogP contribution in [-0.4, -0.2) is 194 Å². The fourth-order valence-corrected chi connectivity index (χ4v) is 13.4. The average Bonchev–Trinajstić information content (AvgIpc) is 1.73. The average molecular weight is 1720 g/mol. The Bertz CT molecular complexity index is 5270. The topological polar surface area (TPSA) is 412 Å². The van der Waals surface area contributed by atoms with Gasteiger partial charge in [0.1, 0.15) is 57.2 Å². The van der Waals surface area contributed by atoms with Crippen molar-refractivity contribution in [3.8, 4) is 17.2 Å². The van der Waals surface area contributed by atoms with Crippen LogP contribution in [0, 0.1) is 30.9 Å². The van der Waals surface area contributed by atoms with Crippen molar-refractivity contribution in [2.45, 2.75) is 204 Å². The van der Waals surface area contributed by atoms with Gasteiger partial charge < -0.3 is 80.6 Å². The second kappa shape index (κ2) is 41.2. The number of anilines is 11. The lowest BCUT2D eigenvalue weighted by Gasteiger charge is -2.35. The number of ether oxygens (including phenoxy) is 7. The highest BCUT2D eigenvalue weighted by molar-refractivity contribution is 6.66. The number of benzene rings is 3. The minimum atomic E-state index is -0.870. The maximum atomic E-state index is 13.9. The maximum Gasteiger partial charge on any atom is 0.420 e. The minimum Gasteiger partial charge on any atom is -0.492 e. The number of aromatic nitrogens is 9. The van der Waals surface area contributed by atoms with Crippen LogP contribution in [0.3, 0.4) is 0 Å². The Balaban J connectivity index is 0.000000206. The molecule has 3 fully saturated rings. The molecule has 0 radical (unpaired) electrons. The first-order valence-corrected chi connectivity index (χ1v) is 41.3. The highest BCUT2D eigenvalue weighted by atomic mass is 35.5. The van der Waals surface area contributed by atoms with E-state index in [1.165, 1.54) is 32.5 Å². The molecule has 3 atom stereocenters. The highest BCUT2D eigenvalue weighted by Crippen LogP contribution is 2.42. The van der Waals surface area contributed by atoms with Gasteiger partial charge in [-0.2, -0.15) is 28.8 Å². The zero-order chi connectivity index (χ0) is 90.0. The summed E-state index contributed by atoms with van der Waals surface area (Å²) in [4.78, 5) is 106. The van der Waals surface area contributed by atoms with Crippen molar-refractivity contribution in [3.05, 3.63) is 144 Å². The largest absolute Gasteiger partial charge is 0.492 e. The molecule has 12 rings (SSSR count). The van der Waals surface area contributed by atoms with Crippen molar-refractivity contribution in [3.63, 3.8) is 0 Å². The van der Waals surface area contributed by atoms with Gasteiger partial charge in [0.25, 0.3) is 0 Å². The van der Waals surface area contributed by atoms with E-state index in [9.17, 15) is 38.9 Å². The first kappa shape index (κ1) is 94.1. The van der Waals surface area contributed by atoms with E-state index in [4.69, 9.17) is 65.4 Å². The van der Waals surface area contributed by atoms with E-state index in [0.717, 1.165) is 86.2 Å². The summed E-state index contributed by atoms with van der Waals surface area (Å²) in [5, 5.41) is 45.1. The number of hydrogen-bond donors (Lipinski definition) is 7. The van der Waals surface area contributed by atoms with E-state index >= 15 is 0 Å². The molecule has 123 heavy (non-hydrogen) atoms. The van der Waals surface area contributed by atoms with Crippen LogP contribution in [0.15, 0.2) is 117 Å². The molecule has 6 aromatic heterocycles. The SMILES string of the molecule is C=CC(=O)Cl.C=CC(=O)Nc1cc(Nc2c(C)c(NC3CCCNC3)nc3ccnn23)ccc1OCC.CCOc1ccc(N(C(=O)OC(C)(C)C)c2c(C)c(NC3CCCN(C(=O)OC(C)(C)C)C3)nc3ccnn23)cc1N.CCOc1ccc(N(C(=O)OC(C)(C)C)c2c(C)c(NC3CCCN(C(=O)OC(C)(C)C)C3)nc3ccnn23)cc1[N+](=O)[O-]. The Kier molecular flexibility index (Phi) is 31.5. The number of nitro groups is 1.